The van der Waals surface area contributed by atoms with Gasteiger partial charge in [-0.05, 0) is 49.4 Å². The quantitative estimate of drug-likeness (QED) is 0.461. The molecule has 176 valence electrons. The Hall–Kier alpha value is -2.36. The molecule has 2 amide bonds. The second-order valence-corrected chi connectivity index (χ2v) is 11.3. The van der Waals surface area contributed by atoms with Crippen molar-refractivity contribution in [1.29, 1.82) is 0 Å². The van der Waals surface area contributed by atoms with Gasteiger partial charge in [0.2, 0.25) is 21.8 Å². The van der Waals surface area contributed by atoms with Gasteiger partial charge in [0.25, 0.3) is 0 Å². The zero-order valence-electron chi connectivity index (χ0n) is 18.5. The topological polar surface area (TPSA) is 95.6 Å². The lowest BCUT2D eigenvalue weighted by Crippen LogP contribution is -2.45. The van der Waals surface area contributed by atoms with E-state index < -0.39 is 21.2 Å². The summed E-state index contributed by atoms with van der Waals surface area (Å²) >= 11 is 1.19. The average molecular weight is 488 g/mol. The number of anilines is 1. The lowest BCUT2D eigenvalue weighted by atomic mass is 10.1. The van der Waals surface area contributed by atoms with Crippen LogP contribution in [0.5, 0.6) is 0 Å². The SMILES string of the molecule is O=C1Nc2cc(S(=O)(=O)NCCCc3ccccc3)ccc2S[C@@H]1C(=O)N1CCCCCC1. The molecule has 0 radical (unpaired) electrons. The number of hydrogen-bond acceptors (Lipinski definition) is 5. The molecule has 2 heterocycles. The molecule has 2 N–H and O–H groups in total. The van der Waals surface area contributed by atoms with Gasteiger partial charge in [0, 0.05) is 24.5 Å². The molecule has 9 heteroatoms. The first-order chi connectivity index (χ1) is 15.9. The van der Waals surface area contributed by atoms with E-state index in [1.807, 2.05) is 30.3 Å². The minimum atomic E-state index is -3.70. The van der Waals surface area contributed by atoms with Gasteiger partial charge >= 0.3 is 0 Å². The van der Waals surface area contributed by atoms with Crippen molar-refractivity contribution < 1.29 is 18.0 Å². The van der Waals surface area contributed by atoms with E-state index in [1.165, 1.54) is 23.9 Å². The third kappa shape index (κ3) is 5.96. The average Bonchev–Trinajstić information content (AvgIpc) is 3.11. The Morgan fingerprint density at radius 1 is 1.06 bits per heavy atom. The Morgan fingerprint density at radius 2 is 1.79 bits per heavy atom. The van der Waals surface area contributed by atoms with Crippen LogP contribution < -0.4 is 10.0 Å². The van der Waals surface area contributed by atoms with Gasteiger partial charge in [-0.3, -0.25) is 9.59 Å². The molecule has 0 aliphatic carbocycles. The normalized spacial score (nSPS) is 18.8. The highest BCUT2D eigenvalue weighted by Gasteiger charge is 2.36. The maximum atomic E-state index is 12.9. The predicted octanol–water partition coefficient (Wildman–Crippen LogP) is 3.41. The smallest absolute Gasteiger partial charge is 0.247 e. The molecular formula is C24H29N3O4S2. The van der Waals surface area contributed by atoms with E-state index in [9.17, 15) is 18.0 Å². The Bertz CT molecular complexity index is 1100. The molecule has 0 saturated carbocycles. The van der Waals surface area contributed by atoms with Crippen LogP contribution in [-0.2, 0) is 26.0 Å². The van der Waals surface area contributed by atoms with Crippen LogP contribution in [0.4, 0.5) is 5.69 Å². The fourth-order valence-corrected chi connectivity index (χ4v) is 6.26. The monoisotopic (exact) mass is 487 g/mol. The predicted molar refractivity (Wildman–Crippen MR) is 130 cm³/mol. The number of thioether (sulfide) groups is 1. The first-order valence-electron chi connectivity index (χ1n) is 11.4. The number of nitrogens with one attached hydrogen (secondary N) is 2. The summed E-state index contributed by atoms with van der Waals surface area (Å²) in [5.41, 5.74) is 1.59. The number of amides is 2. The summed E-state index contributed by atoms with van der Waals surface area (Å²) in [5, 5.41) is 1.91. The van der Waals surface area contributed by atoms with Crippen molar-refractivity contribution in [2.24, 2.45) is 0 Å². The summed E-state index contributed by atoms with van der Waals surface area (Å²) in [5.74, 6) is -0.561. The van der Waals surface area contributed by atoms with Gasteiger partial charge in [-0.1, -0.05) is 43.2 Å². The van der Waals surface area contributed by atoms with E-state index in [2.05, 4.69) is 10.0 Å². The molecule has 1 atom stereocenters. The number of rotatable bonds is 7. The van der Waals surface area contributed by atoms with E-state index >= 15 is 0 Å². The van der Waals surface area contributed by atoms with Gasteiger partial charge in [-0.25, -0.2) is 13.1 Å². The number of benzene rings is 2. The van der Waals surface area contributed by atoms with Crippen molar-refractivity contribution in [2.45, 2.75) is 53.6 Å². The van der Waals surface area contributed by atoms with E-state index in [0.29, 0.717) is 36.6 Å². The molecule has 33 heavy (non-hydrogen) atoms. The number of nitrogens with zero attached hydrogens (tertiary/aromatic N) is 1. The van der Waals surface area contributed by atoms with Gasteiger partial charge in [-0.2, -0.15) is 0 Å². The number of carbonyl (C=O) groups excluding carboxylic acids is 2. The molecular weight excluding hydrogens is 458 g/mol. The number of hydrogen-bond donors (Lipinski definition) is 2. The van der Waals surface area contributed by atoms with Gasteiger partial charge in [0.15, 0.2) is 5.25 Å². The summed E-state index contributed by atoms with van der Waals surface area (Å²) in [6.45, 7) is 1.69. The minimum Gasteiger partial charge on any atom is -0.341 e. The van der Waals surface area contributed by atoms with Crippen molar-refractivity contribution in [1.82, 2.24) is 9.62 Å². The molecule has 2 aliphatic rings. The van der Waals surface area contributed by atoms with Crippen LogP contribution >= 0.6 is 11.8 Å². The third-order valence-corrected chi connectivity index (χ3v) is 8.64. The van der Waals surface area contributed by atoms with E-state index in [1.54, 1.807) is 11.0 Å². The summed E-state index contributed by atoms with van der Waals surface area (Å²) < 4.78 is 28.1. The zero-order chi connectivity index (χ0) is 23.3. The number of sulfonamides is 1. The van der Waals surface area contributed by atoms with Gasteiger partial charge in [-0.15, -0.1) is 11.8 Å². The lowest BCUT2D eigenvalue weighted by Gasteiger charge is -2.28. The highest BCUT2D eigenvalue weighted by Crippen LogP contribution is 2.38. The number of likely N-dealkylation sites (tertiary alicyclic amines) is 1. The van der Waals surface area contributed by atoms with Gasteiger partial charge in [0.1, 0.15) is 0 Å². The Balaban J connectivity index is 1.38. The molecule has 0 unspecified atom stereocenters. The zero-order valence-corrected chi connectivity index (χ0v) is 20.1. The summed E-state index contributed by atoms with van der Waals surface area (Å²) in [4.78, 5) is 28.2. The van der Waals surface area contributed by atoms with E-state index in [0.717, 1.165) is 37.7 Å². The molecule has 7 nitrogen and oxygen atoms in total. The van der Waals surface area contributed by atoms with Crippen molar-refractivity contribution in [3.63, 3.8) is 0 Å². The van der Waals surface area contributed by atoms with Crippen molar-refractivity contribution in [3.8, 4) is 0 Å². The van der Waals surface area contributed by atoms with Crippen LogP contribution in [-0.4, -0.2) is 50.0 Å². The van der Waals surface area contributed by atoms with Crippen molar-refractivity contribution in [3.05, 3.63) is 54.1 Å². The van der Waals surface area contributed by atoms with Gasteiger partial charge < -0.3 is 10.2 Å². The van der Waals surface area contributed by atoms with Gasteiger partial charge in [0.05, 0.1) is 10.6 Å². The first-order valence-corrected chi connectivity index (χ1v) is 13.7. The standard InChI is InChI=1S/C24H29N3O4S2/c28-23-22(24(29)27-15-6-1-2-7-16-27)32-21-13-12-19(17-20(21)26-23)33(30,31)25-14-8-11-18-9-4-3-5-10-18/h3-5,9-10,12-13,17,22,25H,1-2,6-8,11,14-16H2,(H,26,28)/t22-/m0/s1. The molecule has 0 aromatic heterocycles. The molecule has 2 aromatic carbocycles. The second kappa shape index (κ2) is 10.7. The molecule has 0 spiro atoms. The highest BCUT2D eigenvalue weighted by atomic mass is 32.2. The summed E-state index contributed by atoms with van der Waals surface area (Å²) in [6.07, 6.45) is 5.60. The Kier molecular flexibility index (Phi) is 7.72. The molecule has 1 saturated heterocycles. The van der Waals surface area contributed by atoms with Crippen molar-refractivity contribution in [2.75, 3.05) is 25.0 Å². The summed E-state index contributed by atoms with van der Waals surface area (Å²) in [7, 11) is -3.70. The summed E-state index contributed by atoms with van der Waals surface area (Å²) in [6, 6.07) is 14.6. The number of carbonyl (C=O) groups is 2. The number of aryl methyl sites for hydroxylation is 1. The van der Waals surface area contributed by atoms with E-state index in [4.69, 9.17) is 0 Å². The Morgan fingerprint density at radius 3 is 2.52 bits per heavy atom. The highest BCUT2D eigenvalue weighted by molar-refractivity contribution is 8.01. The minimum absolute atomic E-state index is 0.0964. The van der Waals surface area contributed by atoms with Crippen molar-refractivity contribution >= 4 is 39.3 Å². The second-order valence-electron chi connectivity index (χ2n) is 8.37. The Labute approximate surface area is 199 Å². The lowest BCUT2D eigenvalue weighted by molar-refractivity contribution is -0.133. The molecule has 4 rings (SSSR count). The van der Waals surface area contributed by atoms with Crippen LogP contribution in [0, 0.1) is 0 Å². The van der Waals surface area contributed by atoms with Crippen LogP contribution in [0.3, 0.4) is 0 Å². The molecule has 2 aliphatic heterocycles. The molecule has 2 aromatic rings. The maximum absolute atomic E-state index is 12.9. The molecule has 1 fully saturated rings. The third-order valence-electron chi connectivity index (χ3n) is 5.92. The molecule has 0 bridgehead atoms. The fourth-order valence-electron chi connectivity index (χ4n) is 4.10. The first kappa shape index (κ1) is 23.8. The van der Waals surface area contributed by atoms with Crippen LogP contribution in [0.15, 0.2) is 58.3 Å². The van der Waals surface area contributed by atoms with Crippen LogP contribution in [0.2, 0.25) is 0 Å². The van der Waals surface area contributed by atoms with Crippen LogP contribution in [0.1, 0.15) is 37.7 Å². The maximum Gasteiger partial charge on any atom is 0.247 e. The fraction of sp³-hybridized carbons (Fsp3) is 0.417. The number of fused-ring (bicyclic) bond motifs is 1. The van der Waals surface area contributed by atoms with Crippen LogP contribution in [0.25, 0.3) is 0 Å². The van der Waals surface area contributed by atoms with E-state index in [-0.39, 0.29) is 10.8 Å². The largest absolute Gasteiger partial charge is 0.341 e.